The molecule has 0 aliphatic carbocycles. The predicted molar refractivity (Wildman–Crippen MR) is 104 cm³/mol. The number of piperidine rings is 1. The van der Waals surface area contributed by atoms with E-state index >= 15 is 0 Å². The van der Waals surface area contributed by atoms with E-state index in [0.717, 1.165) is 0 Å². The van der Waals surface area contributed by atoms with Crippen LogP contribution in [0.5, 0.6) is 0 Å². The lowest BCUT2D eigenvalue weighted by Crippen LogP contribution is -2.47. The first-order valence-electron chi connectivity index (χ1n) is 9.54. The molecule has 3 rings (SSSR count). The molecule has 2 aromatic rings. The molecule has 1 fully saturated rings. The molecular weight excluding hydrogens is 375 g/mol. The molecule has 0 saturated carbocycles. The maximum absolute atomic E-state index is 13.0. The molecule has 2 atom stereocenters. The number of carbonyl (C=O) groups excluding carboxylic acids is 2. The monoisotopic (exact) mass is 398 g/mol. The maximum atomic E-state index is 13.0. The van der Waals surface area contributed by atoms with Crippen molar-refractivity contribution in [2.75, 3.05) is 13.1 Å². The van der Waals surface area contributed by atoms with Crippen LogP contribution in [0.3, 0.4) is 0 Å². The van der Waals surface area contributed by atoms with Gasteiger partial charge in [-0.1, -0.05) is 42.5 Å². The van der Waals surface area contributed by atoms with Gasteiger partial charge in [-0.05, 0) is 36.1 Å². The summed E-state index contributed by atoms with van der Waals surface area (Å²) in [7, 11) is 0. The average molecular weight is 398 g/mol. The SMILES string of the molecule is O=C(N[C@H](C(=O)O)c1ccccc1)C1CCCN(C(=O)Cc2ccc(F)cc2)C1. The molecule has 152 valence electrons. The number of carboxylic acid groups (broad SMARTS) is 1. The fourth-order valence-electron chi connectivity index (χ4n) is 3.50. The van der Waals surface area contributed by atoms with E-state index in [0.29, 0.717) is 30.5 Å². The quantitative estimate of drug-likeness (QED) is 0.783. The Morgan fingerprint density at radius 1 is 1.10 bits per heavy atom. The van der Waals surface area contributed by atoms with E-state index in [9.17, 15) is 23.9 Å². The molecule has 2 aromatic carbocycles. The Morgan fingerprint density at radius 2 is 1.79 bits per heavy atom. The lowest BCUT2D eigenvalue weighted by atomic mass is 9.95. The number of halogens is 1. The third-order valence-electron chi connectivity index (χ3n) is 5.08. The van der Waals surface area contributed by atoms with Crippen molar-refractivity contribution in [2.45, 2.75) is 25.3 Å². The van der Waals surface area contributed by atoms with Gasteiger partial charge in [0.25, 0.3) is 0 Å². The number of nitrogens with zero attached hydrogens (tertiary/aromatic N) is 1. The summed E-state index contributed by atoms with van der Waals surface area (Å²) < 4.78 is 13.0. The van der Waals surface area contributed by atoms with Crippen LogP contribution in [0.25, 0.3) is 0 Å². The van der Waals surface area contributed by atoms with Gasteiger partial charge in [0.1, 0.15) is 5.82 Å². The van der Waals surface area contributed by atoms with Crippen LogP contribution in [0.1, 0.15) is 30.0 Å². The molecule has 0 bridgehead atoms. The number of hydrogen-bond acceptors (Lipinski definition) is 3. The standard InChI is InChI=1S/C22H23FN2O4/c23-18-10-8-15(9-11-18)13-19(26)25-12-4-7-17(14-25)21(27)24-20(22(28)29)16-5-2-1-3-6-16/h1-3,5-6,8-11,17,20H,4,7,12-14H2,(H,24,27)(H,28,29)/t17?,20-/m0/s1. The second-order valence-electron chi connectivity index (χ2n) is 7.17. The number of rotatable bonds is 6. The Kier molecular flexibility index (Phi) is 6.59. The number of hydrogen-bond donors (Lipinski definition) is 2. The van der Waals surface area contributed by atoms with Crippen LogP contribution in [0.2, 0.25) is 0 Å². The predicted octanol–water partition coefficient (Wildman–Crippen LogP) is 2.55. The lowest BCUT2D eigenvalue weighted by molar-refractivity contribution is -0.144. The molecule has 1 saturated heterocycles. The molecule has 29 heavy (non-hydrogen) atoms. The molecule has 0 aromatic heterocycles. The number of carbonyl (C=O) groups is 3. The molecule has 2 N–H and O–H groups in total. The van der Waals surface area contributed by atoms with Crippen molar-refractivity contribution in [2.24, 2.45) is 5.92 Å². The highest BCUT2D eigenvalue weighted by atomic mass is 19.1. The fourth-order valence-corrected chi connectivity index (χ4v) is 3.50. The zero-order valence-corrected chi connectivity index (χ0v) is 15.9. The molecule has 0 spiro atoms. The summed E-state index contributed by atoms with van der Waals surface area (Å²) in [5.41, 5.74) is 1.20. The number of aliphatic carboxylic acids is 1. The number of carboxylic acids is 1. The fraction of sp³-hybridized carbons (Fsp3) is 0.318. The minimum atomic E-state index is -1.13. The van der Waals surface area contributed by atoms with Crippen molar-refractivity contribution >= 4 is 17.8 Å². The van der Waals surface area contributed by atoms with Crippen molar-refractivity contribution in [3.05, 3.63) is 71.5 Å². The van der Waals surface area contributed by atoms with Crippen LogP contribution >= 0.6 is 0 Å². The van der Waals surface area contributed by atoms with Crippen LogP contribution in [0.4, 0.5) is 4.39 Å². The van der Waals surface area contributed by atoms with Crippen LogP contribution in [0.15, 0.2) is 54.6 Å². The molecule has 1 aliphatic rings. The summed E-state index contributed by atoms with van der Waals surface area (Å²) in [5, 5.41) is 12.1. The minimum absolute atomic E-state index is 0.132. The molecule has 1 unspecified atom stereocenters. The van der Waals surface area contributed by atoms with Crippen molar-refractivity contribution in [3.63, 3.8) is 0 Å². The molecule has 0 radical (unpaired) electrons. The van der Waals surface area contributed by atoms with Crippen LogP contribution in [-0.2, 0) is 20.8 Å². The third-order valence-corrected chi connectivity index (χ3v) is 5.08. The largest absolute Gasteiger partial charge is 0.479 e. The maximum Gasteiger partial charge on any atom is 0.330 e. The summed E-state index contributed by atoms with van der Waals surface area (Å²) in [4.78, 5) is 38.5. The van der Waals surface area contributed by atoms with E-state index in [-0.39, 0.29) is 30.6 Å². The molecule has 7 heteroatoms. The first kappa shape index (κ1) is 20.5. The summed E-state index contributed by atoms with van der Waals surface area (Å²) in [6.07, 6.45) is 1.39. The van der Waals surface area contributed by atoms with E-state index in [2.05, 4.69) is 5.32 Å². The van der Waals surface area contributed by atoms with Gasteiger partial charge in [0.05, 0.1) is 12.3 Å². The van der Waals surface area contributed by atoms with Crippen molar-refractivity contribution < 1.29 is 23.9 Å². The Bertz CT molecular complexity index is 870. The van der Waals surface area contributed by atoms with Crippen LogP contribution in [0, 0.1) is 11.7 Å². The van der Waals surface area contributed by atoms with Gasteiger partial charge in [0.2, 0.25) is 11.8 Å². The van der Waals surface area contributed by atoms with E-state index in [1.807, 2.05) is 0 Å². The first-order valence-corrected chi connectivity index (χ1v) is 9.54. The molecule has 1 aliphatic heterocycles. The zero-order valence-electron chi connectivity index (χ0n) is 15.9. The second-order valence-corrected chi connectivity index (χ2v) is 7.17. The lowest BCUT2D eigenvalue weighted by Gasteiger charge is -2.32. The highest BCUT2D eigenvalue weighted by molar-refractivity contribution is 5.87. The smallest absolute Gasteiger partial charge is 0.330 e. The first-order chi connectivity index (χ1) is 13.9. The average Bonchev–Trinajstić information content (AvgIpc) is 2.74. The Hall–Kier alpha value is -3.22. The van der Waals surface area contributed by atoms with Crippen molar-refractivity contribution in [1.82, 2.24) is 10.2 Å². The van der Waals surface area contributed by atoms with E-state index in [1.165, 1.54) is 12.1 Å². The molecule has 2 amide bonds. The second kappa shape index (κ2) is 9.32. The third kappa shape index (κ3) is 5.40. The summed E-state index contributed by atoms with van der Waals surface area (Å²) in [6, 6.07) is 13.1. The van der Waals surface area contributed by atoms with Gasteiger partial charge >= 0.3 is 5.97 Å². The molecular formula is C22H23FN2O4. The molecule has 1 heterocycles. The minimum Gasteiger partial charge on any atom is -0.479 e. The van der Waals surface area contributed by atoms with Gasteiger partial charge in [-0.3, -0.25) is 9.59 Å². The topological polar surface area (TPSA) is 86.7 Å². The molecule has 6 nitrogen and oxygen atoms in total. The Labute approximate surface area is 168 Å². The van der Waals surface area contributed by atoms with Crippen LogP contribution in [-0.4, -0.2) is 40.9 Å². The number of amides is 2. The Balaban J connectivity index is 1.61. The number of nitrogens with one attached hydrogen (secondary N) is 1. The zero-order chi connectivity index (χ0) is 20.8. The van der Waals surface area contributed by atoms with Crippen molar-refractivity contribution in [3.8, 4) is 0 Å². The van der Waals surface area contributed by atoms with Gasteiger partial charge in [-0.15, -0.1) is 0 Å². The summed E-state index contributed by atoms with van der Waals surface area (Å²) in [6.45, 7) is 0.790. The van der Waals surface area contributed by atoms with Crippen LogP contribution < -0.4 is 5.32 Å². The normalized spacial score (nSPS) is 17.4. The highest BCUT2D eigenvalue weighted by Gasteiger charge is 2.31. The highest BCUT2D eigenvalue weighted by Crippen LogP contribution is 2.20. The van der Waals surface area contributed by atoms with Gasteiger partial charge in [0.15, 0.2) is 6.04 Å². The number of benzene rings is 2. The van der Waals surface area contributed by atoms with Gasteiger partial charge in [-0.25, -0.2) is 9.18 Å². The van der Waals surface area contributed by atoms with Gasteiger partial charge < -0.3 is 15.3 Å². The summed E-state index contributed by atoms with van der Waals surface area (Å²) >= 11 is 0. The number of likely N-dealkylation sites (tertiary alicyclic amines) is 1. The Morgan fingerprint density at radius 3 is 2.45 bits per heavy atom. The van der Waals surface area contributed by atoms with Gasteiger partial charge in [-0.2, -0.15) is 0 Å². The summed E-state index contributed by atoms with van der Waals surface area (Å²) in [5.74, 6) is -2.47. The van der Waals surface area contributed by atoms with Gasteiger partial charge in [0, 0.05) is 13.1 Å². The van der Waals surface area contributed by atoms with E-state index < -0.39 is 17.9 Å². The van der Waals surface area contributed by atoms with E-state index in [4.69, 9.17) is 0 Å². The van der Waals surface area contributed by atoms with Crippen molar-refractivity contribution in [1.29, 1.82) is 0 Å². The van der Waals surface area contributed by atoms with E-state index in [1.54, 1.807) is 47.4 Å².